The number of carbonyl (C=O) groups is 2. The van der Waals surface area contributed by atoms with E-state index in [1.807, 2.05) is 42.5 Å². The van der Waals surface area contributed by atoms with E-state index in [0.717, 1.165) is 28.1 Å². The van der Waals surface area contributed by atoms with Gasteiger partial charge < -0.3 is 9.84 Å². The highest BCUT2D eigenvalue weighted by Crippen LogP contribution is 2.43. The number of hydrogen-bond donors (Lipinski definition) is 1. The van der Waals surface area contributed by atoms with Crippen molar-refractivity contribution in [2.45, 2.75) is 6.54 Å². The van der Waals surface area contributed by atoms with Gasteiger partial charge >= 0.3 is 0 Å². The number of benzene rings is 3. The molecule has 0 radical (unpaired) electrons. The lowest BCUT2D eigenvalue weighted by atomic mass is 10.1. The van der Waals surface area contributed by atoms with E-state index in [1.54, 1.807) is 6.07 Å². The maximum Gasteiger partial charge on any atom is 0.293 e. The first-order chi connectivity index (χ1) is 14.4. The van der Waals surface area contributed by atoms with Crippen molar-refractivity contribution in [3.63, 3.8) is 0 Å². The number of aromatic hydroxyl groups is 1. The van der Waals surface area contributed by atoms with Crippen LogP contribution in [0.2, 0.25) is 0 Å². The van der Waals surface area contributed by atoms with Gasteiger partial charge in [-0.15, -0.1) is 0 Å². The quantitative estimate of drug-likeness (QED) is 0.387. The molecule has 3 aromatic carbocycles. The van der Waals surface area contributed by atoms with Crippen LogP contribution in [0.15, 0.2) is 62.4 Å². The molecule has 0 saturated carbocycles. The van der Waals surface area contributed by atoms with E-state index in [1.165, 1.54) is 18.1 Å². The van der Waals surface area contributed by atoms with Crippen molar-refractivity contribution in [2.75, 3.05) is 7.11 Å². The van der Waals surface area contributed by atoms with Crippen molar-refractivity contribution in [3.8, 4) is 11.5 Å². The molecule has 2 amide bonds. The fraction of sp³-hybridized carbons (Fsp3) is 0.0909. The Balaban J connectivity index is 1.65. The van der Waals surface area contributed by atoms with Gasteiger partial charge in [0.2, 0.25) is 0 Å². The Bertz CT molecular complexity index is 1230. The zero-order chi connectivity index (χ0) is 21.4. The Morgan fingerprint density at radius 3 is 2.57 bits per heavy atom. The molecule has 1 saturated heterocycles. The van der Waals surface area contributed by atoms with Crippen molar-refractivity contribution in [3.05, 3.63) is 73.5 Å². The van der Waals surface area contributed by atoms with Crippen LogP contribution < -0.4 is 4.74 Å². The summed E-state index contributed by atoms with van der Waals surface area (Å²) in [5.74, 6) is -0.260. The zero-order valence-electron chi connectivity index (χ0n) is 15.7. The number of phenolic OH excluding ortho intramolecular Hbond substituents is 1. The Morgan fingerprint density at radius 2 is 1.83 bits per heavy atom. The van der Waals surface area contributed by atoms with Gasteiger partial charge in [0.15, 0.2) is 11.5 Å². The number of halogens is 2. The van der Waals surface area contributed by atoms with Gasteiger partial charge in [-0.05, 0) is 78.2 Å². The van der Waals surface area contributed by atoms with Gasteiger partial charge in [0, 0.05) is 14.5 Å². The summed E-state index contributed by atoms with van der Waals surface area (Å²) >= 11 is 7.64. The topological polar surface area (TPSA) is 66.8 Å². The highest BCUT2D eigenvalue weighted by Gasteiger charge is 2.35. The number of phenols is 1. The van der Waals surface area contributed by atoms with E-state index in [2.05, 4.69) is 31.9 Å². The monoisotopic (exact) mass is 547 g/mol. The minimum absolute atomic E-state index is 0.117. The first-order valence-electron chi connectivity index (χ1n) is 8.87. The van der Waals surface area contributed by atoms with Crippen LogP contribution >= 0.6 is 43.6 Å². The maximum absolute atomic E-state index is 12.9. The van der Waals surface area contributed by atoms with E-state index in [9.17, 15) is 14.7 Å². The molecule has 0 aromatic heterocycles. The molecule has 0 aliphatic carbocycles. The van der Waals surface area contributed by atoms with E-state index in [4.69, 9.17) is 4.74 Å². The third-order valence-electron chi connectivity index (χ3n) is 4.72. The molecule has 4 rings (SSSR count). The van der Waals surface area contributed by atoms with Gasteiger partial charge in [-0.2, -0.15) is 0 Å². The molecule has 1 aliphatic rings. The number of ether oxygens (including phenoxy) is 1. The van der Waals surface area contributed by atoms with Crippen molar-refractivity contribution < 1.29 is 19.4 Å². The Hall–Kier alpha value is -2.29. The van der Waals surface area contributed by atoms with Crippen LogP contribution in [-0.2, 0) is 11.3 Å². The van der Waals surface area contributed by atoms with E-state index in [0.29, 0.717) is 14.5 Å². The lowest BCUT2D eigenvalue weighted by Crippen LogP contribution is -2.27. The molecule has 3 aromatic rings. The van der Waals surface area contributed by atoms with E-state index < -0.39 is 5.91 Å². The minimum atomic E-state index is -0.400. The van der Waals surface area contributed by atoms with Crippen molar-refractivity contribution in [2.24, 2.45) is 0 Å². The first kappa shape index (κ1) is 21.0. The summed E-state index contributed by atoms with van der Waals surface area (Å²) in [6.07, 6.45) is 1.50. The Kier molecular flexibility index (Phi) is 5.90. The molecule has 0 unspecified atom stereocenters. The van der Waals surface area contributed by atoms with Crippen LogP contribution in [0.25, 0.3) is 16.8 Å². The Morgan fingerprint density at radius 1 is 1.10 bits per heavy atom. The second-order valence-electron chi connectivity index (χ2n) is 6.59. The molecule has 0 spiro atoms. The number of carbonyl (C=O) groups excluding carboxylic acids is 2. The lowest BCUT2D eigenvalue weighted by molar-refractivity contribution is -0.123. The average molecular weight is 549 g/mol. The standard InChI is InChI=1S/C22H15Br2NO4S/c1-29-17-10-16(23)19(24)15(20(17)26)9-18-21(27)25(22(28)30-18)11-12-6-7-13-4-2-3-5-14(13)8-12/h2-10,26H,11H2,1H3/b18-9-. The van der Waals surface area contributed by atoms with Crippen molar-refractivity contribution in [1.29, 1.82) is 0 Å². The first-order valence-corrected chi connectivity index (χ1v) is 11.3. The molecular formula is C22H15Br2NO4S. The van der Waals surface area contributed by atoms with Gasteiger partial charge in [0.1, 0.15) is 0 Å². The summed E-state index contributed by atoms with van der Waals surface area (Å²) in [4.78, 5) is 26.9. The van der Waals surface area contributed by atoms with Crippen molar-refractivity contribution in [1.82, 2.24) is 4.90 Å². The summed E-state index contributed by atoms with van der Waals surface area (Å²) in [5.41, 5.74) is 1.22. The highest BCUT2D eigenvalue weighted by molar-refractivity contribution is 9.13. The number of thioether (sulfide) groups is 1. The summed E-state index contributed by atoms with van der Waals surface area (Å²) in [7, 11) is 1.44. The third-order valence-corrected chi connectivity index (χ3v) is 7.64. The number of imide groups is 1. The molecule has 5 nitrogen and oxygen atoms in total. The van der Waals surface area contributed by atoms with Gasteiger partial charge in [0.25, 0.3) is 11.1 Å². The normalized spacial score (nSPS) is 15.4. The van der Waals surface area contributed by atoms with Crippen LogP contribution in [0, 0.1) is 0 Å². The number of methoxy groups -OCH3 is 1. The van der Waals surface area contributed by atoms with Crippen LogP contribution in [-0.4, -0.2) is 28.3 Å². The largest absolute Gasteiger partial charge is 0.504 e. The van der Waals surface area contributed by atoms with Crippen molar-refractivity contribution >= 4 is 71.6 Å². The van der Waals surface area contributed by atoms with Crippen LogP contribution in [0.1, 0.15) is 11.1 Å². The molecule has 1 aliphatic heterocycles. The SMILES string of the molecule is COc1cc(Br)c(Br)c(/C=C2\SC(=O)N(Cc3ccc4ccccc4c3)C2=O)c1O. The second kappa shape index (κ2) is 8.45. The number of rotatable bonds is 4. The molecule has 1 N–H and O–H groups in total. The number of hydrogen-bond acceptors (Lipinski definition) is 5. The molecule has 0 bridgehead atoms. The van der Waals surface area contributed by atoms with Gasteiger partial charge in [-0.25, -0.2) is 0 Å². The Labute approximate surface area is 194 Å². The number of amides is 2. The smallest absolute Gasteiger partial charge is 0.293 e. The predicted molar refractivity (Wildman–Crippen MR) is 126 cm³/mol. The number of nitrogens with zero attached hydrogens (tertiary/aromatic N) is 1. The average Bonchev–Trinajstić information content (AvgIpc) is 3.01. The van der Waals surface area contributed by atoms with Gasteiger partial charge in [-0.1, -0.05) is 36.4 Å². The summed E-state index contributed by atoms with van der Waals surface area (Å²) < 4.78 is 6.38. The highest BCUT2D eigenvalue weighted by atomic mass is 79.9. The van der Waals surface area contributed by atoms with Crippen LogP contribution in [0.3, 0.4) is 0 Å². The third kappa shape index (κ3) is 3.87. The van der Waals surface area contributed by atoms with E-state index in [-0.39, 0.29) is 28.2 Å². The fourth-order valence-electron chi connectivity index (χ4n) is 3.19. The summed E-state index contributed by atoms with van der Waals surface area (Å²) in [6, 6.07) is 15.4. The molecular weight excluding hydrogens is 534 g/mol. The molecule has 152 valence electrons. The summed E-state index contributed by atoms with van der Waals surface area (Å²) in [5, 5.41) is 12.3. The molecule has 8 heteroatoms. The molecule has 30 heavy (non-hydrogen) atoms. The molecule has 1 fully saturated rings. The maximum atomic E-state index is 12.9. The zero-order valence-corrected chi connectivity index (χ0v) is 19.7. The fourth-order valence-corrected chi connectivity index (χ4v) is 4.84. The van der Waals surface area contributed by atoms with E-state index >= 15 is 0 Å². The predicted octanol–water partition coefficient (Wildman–Crippen LogP) is 6.32. The van der Waals surface area contributed by atoms with Gasteiger partial charge in [-0.3, -0.25) is 14.5 Å². The van der Waals surface area contributed by atoms with Crippen LogP contribution in [0.4, 0.5) is 4.79 Å². The number of fused-ring (bicyclic) bond motifs is 1. The molecule has 0 atom stereocenters. The second-order valence-corrected chi connectivity index (χ2v) is 9.23. The minimum Gasteiger partial charge on any atom is -0.504 e. The van der Waals surface area contributed by atoms with Crippen LogP contribution in [0.5, 0.6) is 11.5 Å². The lowest BCUT2D eigenvalue weighted by Gasteiger charge is -2.13. The summed E-state index contributed by atoms with van der Waals surface area (Å²) in [6.45, 7) is 0.182. The van der Waals surface area contributed by atoms with Gasteiger partial charge in [0.05, 0.1) is 18.6 Å². The molecule has 1 heterocycles.